The molecule has 186 valence electrons. The molecule has 9 heteroatoms. The van der Waals surface area contributed by atoms with Crippen LogP contribution in [0.3, 0.4) is 0 Å². The smallest absolute Gasteiger partial charge is 0.305 e. The maximum Gasteiger partial charge on any atom is 0.305 e. The van der Waals surface area contributed by atoms with E-state index in [4.69, 9.17) is 17.3 Å². The van der Waals surface area contributed by atoms with Crippen LogP contribution in [0, 0.1) is 0 Å². The van der Waals surface area contributed by atoms with Crippen LogP contribution in [-0.2, 0) is 29.1 Å². The molecule has 0 aromatic heterocycles. The summed E-state index contributed by atoms with van der Waals surface area (Å²) >= 11 is 6.18. The number of carboxylic acid groups (broad SMARTS) is 1. The lowest BCUT2D eigenvalue weighted by molar-refractivity contribution is -0.141. The summed E-state index contributed by atoms with van der Waals surface area (Å²) in [5.41, 5.74) is 9.79. The third-order valence-electron chi connectivity index (χ3n) is 6.10. The fourth-order valence-electron chi connectivity index (χ4n) is 4.15. The van der Waals surface area contributed by atoms with E-state index in [0.717, 1.165) is 16.7 Å². The summed E-state index contributed by atoms with van der Waals surface area (Å²) in [5, 5.41) is 15.7. The van der Waals surface area contributed by atoms with Crippen molar-refractivity contribution in [3.8, 4) is 0 Å². The topological polar surface area (TPSA) is 125 Å². The Bertz CT molecular complexity index is 1280. The normalized spacial score (nSPS) is 15.0. The van der Waals surface area contributed by atoms with Crippen LogP contribution in [0.15, 0.2) is 66.7 Å². The van der Waals surface area contributed by atoms with E-state index >= 15 is 0 Å². The third-order valence-corrected chi connectivity index (χ3v) is 6.45. The second kappa shape index (κ2) is 11.2. The summed E-state index contributed by atoms with van der Waals surface area (Å²) in [6.07, 6.45) is 0.296. The average Bonchev–Trinajstić information content (AvgIpc) is 2.99. The number of carbonyl (C=O) groups excluding carboxylic acids is 2. The second-order valence-electron chi connectivity index (χ2n) is 8.63. The summed E-state index contributed by atoms with van der Waals surface area (Å²) in [4.78, 5) is 39.1. The van der Waals surface area contributed by atoms with Gasteiger partial charge in [0.25, 0.3) is 5.91 Å². The Labute approximate surface area is 214 Å². The summed E-state index contributed by atoms with van der Waals surface area (Å²) < 4.78 is 0. The zero-order valence-corrected chi connectivity index (χ0v) is 20.3. The fraction of sp³-hybridized carbons (Fsp3) is 0.222. The summed E-state index contributed by atoms with van der Waals surface area (Å²) in [5.74, 6) is -1.70. The largest absolute Gasteiger partial charge is 0.481 e. The molecule has 0 radical (unpaired) electrons. The van der Waals surface area contributed by atoms with E-state index in [1.807, 2.05) is 36.4 Å². The second-order valence-corrected chi connectivity index (χ2v) is 9.03. The van der Waals surface area contributed by atoms with Crippen LogP contribution in [-0.4, -0.2) is 40.4 Å². The highest BCUT2D eigenvalue weighted by Gasteiger charge is 2.31. The number of amides is 2. The molecule has 0 aliphatic carbocycles. The van der Waals surface area contributed by atoms with Crippen molar-refractivity contribution in [2.75, 3.05) is 17.2 Å². The molecule has 0 spiro atoms. The third kappa shape index (κ3) is 6.02. The number of nitrogens with zero attached hydrogens (tertiary/aromatic N) is 1. The van der Waals surface area contributed by atoms with E-state index in [1.54, 1.807) is 35.2 Å². The SMILES string of the molecule is NCc1ccc(C(=O)Nc2ccc3c(c2)NC(CC(=O)O)C(=O)N(CCc2ccccc2)C3)cc1Cl. The first-order valence-electron chi connectivity index (χ1n) is 11.6. The lowest BCUT2D eigenvalue weighted by atomic mass is 10.1. The molecular weight excluding hydrogens is 480 g/mol. The average molecular weight is 507 g/mol. The first-order valence-corrected chi connectivity index (χ1v) is 12.0. The Morgan fingerprint density at radius 1 is 1.11 bits per heavy atom. The lowest BCUT2D eigenvalue weighted by Crippen LogP contribution is -2.42. The minimum atomic E-state index is -1.07. The van der Waals surface area contributed by atoms with E-state index in [2.05, 4.69) is 10.6 Å². The number of anilines is 2. The number of carbonyl (C=O) groups is 3. The molecule has 1 aliphatic heterocycles. The molecule has 5 N–H and O–H groups in total. The highest BCUT2D eigenvalue weighted by atomic mass is 35.5. The Hall–Kier alpha value is -3.88. The molecule has 1 aliphatic rings. The van der Waals surface area contributed by atoms with Crippen molar-refractivity contribution in [1.82, 2.24) is 4.90 Å². The van der Waals surface area contributed by atoms with E-state index in [0.29, 0.717) is 41.5 Å². The molecule has 1 heterocycles. The lowest BCUT2D eigenvalue weighted by Gasteiger charge is -2.24. The van der Waals surface area contributed by atoms with Crippen molar-refractivity contribution in [1.29, 1.82) is 0 Å². The van der Waals surface area contributed by atoms with Crippen molar-refractivity contribution < 1.29 is 19.5 Å². The van der Waals surface area contributed by atoms with Gasteiger partial charge in [-0.15, -0.1) is 0 Å². The molecule has 1 atom stereocenters. The molecule has 4 rings (SSSR count). The van der Waals surface area contributed by atoms with Crippen molar-refractivity contribution in [3.05, 3.63) is 94.0 Å². The molecule has 36 heavy (non-hydrogen) atoms. The van der Waals surface area contributed by atoms with Crippen LogP contribution in [0.1, 0.15) is 33.5 Å². The first-order chi connectivity index (χ1) is 17.3. The van der Waals surface area contributed by atoms with Gasteiger partial charge in [-0.25, -0.2) is 0 Å². The van der Waals surface area contributed by atoms with Crippen LogP contribution in [0.25, 0.3) is 0 Å². The fourth-order valence-corrected chi connectivity index (χ4v) is 4.41. The Balaban J connectivity index is 1.55. The molecule has 0 saturated heterocycles. The number of fused-ring (bicyclic) bond motifs is 1. The summed E-state index contributed by atoms with van der Waals surface area (Å²) in [6.45, 7) is 1.06. The van der Waals surface area contributed by atoms with Gasteiger partial charge in [-0.05, 0) is 47.4 Å². The molecule has 0 saturated carbocycles. The summed E-state index contributed by atoms with van der Waals surface area (Å²) in [7, 11) is 0. The first kappa shape index (κ1) is 25.2. The highest BCUT2D eigenvalue weighted by molar-refractivity contribution is 6.31. The maximum atomic E-state index is 13.2. The number of nitrogens with one attached hydrogen (secondary N) is 2. The van der Waals surface area contributed by atoms with Crippen LogP contribution in [0.5, 0.6) is 0 Å². The van der Waals surface area contributed by atoms with Gasteiger partial charge in [0, 0.05) is 41.6 Å². The van der Waals surface area contributed by atoms with Crippen molar-refractivity contribution in [3.63, 3.8) is 0 Å². The van der Waals surface area contributed by atoms with Gasteiger partial charge >= 0.3 is 5.97 Å². The number of carboxylic acids is 1. The van der Waals surface area contributed by atoms with E-state index < -0.39 is 12.0 Å². The van der Waals surface area contributed by atoms with Crippen molar-refractivity contribution >= 4 is 40.8 Å². The van der Waals surface area contributed by atoms with E-state index in [-0.39, 0.29) is 24.8 Å². The molecule has 0 bridgehead atoms. The number of halogens is 1. The molecule has 0 fully saturated rings. The molecule has 8 nitrogen and oxygen atoms in total. The van der Waals surface area contributed by atoms with Gasteiger partial charge in [-0.1, -0.05) is 54.1 Å². The molecule has 3 aromatic carbocycles. The molecule has 2 amide bonds. The van der Waals surface area contributed by atoms with Gasteiger partial charge < -0.3 is 26.4 Å². The van der Waals surface area contributed by atoms with Gasteiger partial charge in [0.05, 0.1) is 6.42 Å². The van der Waals surface area contributed by atoms with Crippen molar-refractivity contribution in [2.24, 2.45) is 5.73 Å². The Kier molecular flexibility index (Phi) is 7.87. The van der Waals surface area contributed by atoms with E-state index in [1.165, 1.54) is 0 Å². The minimum Gasteiger partial charge on any atom is -0.481 e. The molecular formula is C27H27ClN4O4. The van der Waals surface area contributed by atoms with Crippen LogP contribution in [0.2, 0.25) is 5.02 Å². The van der Waals surface area contributed by atoms with Gasteiger partial charge in [0.1, 0.15) is 6.04 Å². The zero-order valence-electron chi connectivity index (χ0n) is 19.5. The number of nitrogens with two attached hydrogens (primary N) is 1. The predicted molar refractivity (Wildman–Crippen MR) is 139 cm³/mol. The zero-order chi connectivity index (χ0) is 25.7. The number of aliphatic carboxylic acids is 1. The standard InChI is InChI=1S/C27H27ClN4O4/c28-22-12-18(6-7-19(22)15-29)26(35)30-21-9-8-20-16-32(11-10-17-4-2-1-3-5-17)27(36)24(14-25(33)34)31-23(20)13-21/h1-9,12-13,24,31H,10-11,14-16,29H2,(H,30,35)(H,33,34). The number of benzene rings is 3. The summed E-state index contributed by atoms with van der Waals surface area (Å²) in [6, 6.07) is 19.1. The number of rotatable bonds is 8. The van der Waals surface area contributed by atoms with Gasteiger partial charge in [-0.2, -0.15) is 0 Å². The van der Waals surface area contributed by atoms with Gasteiger partial charge in [0.2, 0.25) is 5.91 Å². The Morgan fingerprint density at radius 3 is 2.58 bits per heavy atom. The van der Waals surface area contributed by atoms with Gasteiger partial charge in [-0.3, -0.25) is 14.4 Å². The molecule has 1 unspecified atom stereocenters. The quantitative estimate of drug-likeness (QED) is 0.367. The van der Waals surface area contributed by atoms with Crippen LogP contribution >= 0.6 is 11.6 Å². The van der Waals surface area contributed by atoms with E-state index in [9.17, 15) is 19.5 Å². The maximum absolute atomic E-state index is 13.2. The monoisotopic (exact) mass is 506 g/mol. The number of hydrogen-bond donors (Lipinski definition) is 4. The number of hydrogen-bond acceptors (Lipinski definition) is 5. The minimum absolute atomic E-state index is 0.273. The Morgan fingerprint density at radius 2 is 1.89 bits per heavy atom. The van der Waals surface area contributed by atoms with Crippen LogP contribution < -0.4 is 16.4 Å². The predicted octanol–water partition coefficient (Wildman–Crippen LogP) is 3.89. The van der Waals surface area contributed by atoms with Crippen LogP contribution in [0.4, 0.5) is 11.4 Å². The van der Waals surface area contributed by atoms with Gasteiger partial charge in [0.15, 0.2) is 0 Å². The molecule has 3 aromatic rings. The van der Waals surface area contributed by atoms with Crippen molar-refractivity contribution in [2.45, 2.75) is 32.0 Å². The highest BCUT2D eigenvalue weighted by Crippen LogP contribution is 2.28.